The van der Waals surface area contributed by atoms with Gasteiger partial charge in [-0.15, -0.1) is 0 Å². The average molecular weight is 346 g/mol. The van der Waals surface area contributed by atoms with E-state index in [2.05, 4.69) is 6.08 Å². The highest BCUT2D eigenvalue weighted by Crippen LogP contribution is 2.35. The van der Waals surface area contributed by atoms with Crippen LogP contribution in [0.3, 0.4) is 0 Å². The molecular formula is C20H26O5. The van der Waals surface area contributed by atoms with Crippen molar-refractivity contribution in [3.8, 4) is 11.5 Å². The number of carbonyl (C=O) groups excluding carboxylic acids is 2. The van der Waals surface area contributed by atoms with E-state index in [1.165, 1.54) is 0 Å². The molecule has 1 unspecified atom stereocenters. The third kappa shape index (κ3) is 4.41. The van der Waals surface area contributed by atoms with E-state index < -0.39 is 5.92 Å². The predicted molar refractivity (Wildman–Crippen MR) is 95.3 cm³/mol. The van der Waals surface area contributed by atoms with Gasteiger partial charge in [0, 0.05) is 12.0 Å². The van der Waals surface area contributed by atoms with Crippen molar-refractivity contribution in [3.05, 3.63) is 34.9 Å². The number of methoxy groups -OCH3 is 2. The topological polar surface area (TPSA) is 61.8 Å². The molecule has 25 heavy (non-hydrogen) atoms. The fraction of sp³-hybridized carbons (Fsp3) is 0.500. The third-order valence-corrected chi connectivity index (χ3v) is 4.47. The number of carbonyl (C=O) groups is 2. The maximum Gasteiger partial charge on any atom is 0.309 e. The molecule has 1 aliphatic rings. The van der Waals surface area contributed by atoms with Crippen molar-refractivity contribution in [2.45, 2.75) is 39.5 Å². The van der Waals surface area contributed by atoms with Gasteiger partial charge in [-0.3, -0.25) is 9.59 Å². The molecule has 0 saturated carbocycles. The van der Waals surface area contributed by atoms with Crippen LogP contribution in [0, 0.1) is 5.92 Å². The number of hydrogen-bond acceptors (Lipinski definition) is 5. The van der Waals surface area contributed by atoms with Crippen LogP contribution in [0.1, 0.15) is 49.0 Å². The monoisotopic (exact) mass is 346 g/mol. The molecule has 5 nitrogen and oxygen atoms in total. The standard InChI is InChI=1S/C20H26O5/c1-5-25-20(22)14-8-6-7-13(2)11-15-17(23-3)9-10-18(24-4)19(15)16(21)12-14/h7,9-10,14H,5-6,8,11-12H2,1-4H3/b13-7+. The number of Topliss-reactive ketones (excluding diaryl/α,β-unsaturated/α-hetero) is 1. The lowest BCUT2D eigenvalue weighted by Crippen LogP contribution is -2.22. The molecule has 136 valence electrons. The zero-order valence-corrected chi connectivity index (χ0v) is 15.4. The number of ketones is 1. The highest BCUT2D eigenvalue weighted by atomic mass is 16.5. The van der Waals surface area contributed by atoms with Gasteiger partial charge in [0.15, 0.2) is 5.78 Å². The summed E-state index contributed by atoms with van der Waals surface area (Å²) in [5.41, 5.74) is 2.45. The van der Waals surface area contributed by atoms with Gasteiger partial charge in [-0.1, -0.05) is 11.6 Å². The third-order valence-electron chi connectivity index (χ3n) is 4.47. The lowest BCUT2D eigenvalue weighted by Gasteiger charge is -2.20. The normalized spacial score (nSPS) is 20.1. The Labute approximate surface area is 149 Å². The molecule has 0 aromatic heterocycles. The fourth-order valence-electron chi connectivity index (χ4n) is 3.22. The molecule has 0 fully saturated rings. The summed E-state index contributed by atoms with van der Waals surface area (Å²) in [6, 6.07) is 3.55. The Morgan fingerprint density at radius 2 is 1.88 bits per heavy atom. The SMILES string of the molecule is CCOC(=O)C1CC/C=C(\C)Cc2c(OC)ccc(OC)c2C(=O)C1. The first-order chi connectivity index (χ1) is 12.0. The summed E-state index contributed by atoms with van der Waals surface area (Å²) in [6.07, 6.45) is 4.19. The zero-order valence-electron chi connectivity index (χ0n) is 15.4. The average Bonchev–Trinajstić information content (AvgIpc) is 2.60. The Hall–Kier alpha value is -2.30. The van der Waals surface area contributed by atoms with E-state index in [0.29, 0.717) is 36.5 Å². The van der Waals surface area contributed by atoms with Crippen molar-refractivity contribution < 1.29 is 23.8 Å². The minimum Gasteiger partial charge on any atom is -0.496 e. The molecule has 0 aliphatic heterocycles. The molecule has 1 aromatic rings. The van der Waals surface area contributed by atoms with Gasteiger partial charge >= 0.3 is 5.97 Å². The van der Waals surface area contributed by atoms with Crippen molar-refractivity contribution >= 4 is 11.8 Å². The highest BCUT2D eigenvalue weighted by Gasteiger charge is 2.28. The van der Waals surface area contributed by atoms with Crippen molar-refractivity contribution in [2.24, 2.45) is 5.92 Å². The molecule has 0 amide bonds. The number of ether oxygens (including phenoxy) is 3. The summed E-state index contributed by atoms with van der Waals surface area (Å²) in [4.78, 5) is 25.3. The first-order valence-electron chi connectivity index (χ1n) is 8.61. The van der Waals surface area contributed by atoms with Gasteiger partial charge in [0.1, 0.15) is 11.5 Å². The van der Waals surface area contributed by atoms with Crippen LogP contribution >= 0.6 is 0 Å². The van der Waals surface area contributed by atoms with Crippen molar-refractivity contribution in [1.82, 2.24) is 0 Å². The van der Waals surface area contributed by atoms with E-state index in [4.69, 9.17) is 14.2 Å². The highest BCUT2D eigenvalue weighted by molar-refractivity contribution is 6.02. The number of allylic oxidation sites excluding steroid dienone is 2. The van der Waals surface area contributed by atoms with Gasteiger partial charge in [0.05, 0.1) is 32.3 Å². The van der Waals surface area contributed by atoms with Crippen LogP contribution in [0.15, 0.2) is 23.8 Å². The van der Waals surface area contributed by atoms with Crippen LogP contribution < -0.4 is 9.47 Å². The largest absolute Gasteiger partial charge is 0.496 e. The predicted octanol–water partition coefficient (Wildman–Crippen LogP) is 3.74. The Morgan fingerprint density at radius 1 is 1.20 bits per heavy atom. The minimum atomic E-state index is -0.446. The molecule has 0 heterocycles. The summed E-state index contributed by atoms with van der Waals surface area (Å²) in [5.74, 6) is 0.296. The minimum absolute atomic E-state index is 0.112. The van der Waals surface area contributed by atoms with Crippen LogP contribution in [0.25, 0.3) is 0 Å². The van der Waals surface area contributed by atoms with Crippen LogP contribution in [0.4, 0.5) is 0 Å². The van der Waals surface area contributed by atoms with Gasteiger partial charge in [-0.05, 0) is 45.2 Å². The number of fused-ring (bicyclic) bond motifs is 1. The lowest BCUT2D eigenvalue weighted by atomic mass is 9.87. The molecule has 5 heteroatoms. The maximum absolute atomic E-state index is 13.0. The van der Waals surface area contributed by atoms with Crippen molar-refractivity contribution in [3.63, 3.8) is 0 Å². The maximum atomic E-state index is 13.0. The second-order valence-electron chi connectivity index (χ2n) is 6.20. The summed E-state index contributed by atoms with van der Waals surface area (Å²) in [5, 5.41) is 0. The van der Waals surface area contributed by atoms with E-state index in [1.54, 1.807) is 27.2 Å². The number of hydrogen-bond donors (Lipinski definition) is 0. The summed E-state index contributed by atoms with van der Waals surface area (Å²) in [6.45, 7) is 4.10. The second kappa shape index (κ2) is 8.70. The van der Waals surface area contributed by atoms with Gasteiger partial charge in [0.25, 0.3) is 0 Å². The molecule has 0 radical (unpaired) electrons. The zero-order chi connectivity index (χ0) is 18.4. The van der Waals surface area contributed by atoms with Crippen LogP contribution in [0.5, 0.6) is 11.5 Å². The van der Waals surface area contributed by atoms with Gasteiger partial charge in [0.2, 0.25) is 0 Å². The molecule has 1 aromatic carbocycles. The van der Waals surface area contributed by atoms with E-state index in [1.807, 2.05) is 13.0 Å². The van der Waals surface area contributed by atoms with Gasteiger partial charge in [-0.25, -0.2) is 0 Å². The van der Waals surface area contributed by atoms with Crippen LogP contribution in [-0.4, -0.2) is 32.6 Å². The Morgan fingerprint density at radius 3 is 2.52 bits per heavy atom. The molecule has 0 spiro atoms. The Bertz CT molecular complexity index is 675. The smallest absolute Gasteiger partial charge is 0.309 e. The Balaban J connectivity index is 2.52. The number of esters is 1. The fourth-order valence-corrected chi connectivity index (χ4v) is 3.22. The molecule has 0 bridgehead atoms. The number of benzene rings is 1. The van der Waals surface area contributed by atoms with Crippen molar-refractivity contribution in [2.75, 3.05) is 20.8 Å². The molecule has 1 aliphatic carbocycles. The van der Waals surface area contributed by atoms with Crippen molar-refractivity contribution in [1.29, 1.82) is 0 Å². The molecular weight excluding hydrogens is 320 g/mol. The lowest BCUT2D eigenvalue weighted by molar-refractivity contribution is -0.148. The summed E-state index contributed by atoms with van der Waals surface area (Å²) < 4.78 is 16.0. The molecule has 2 rings (SSSR count). The van der Waals surface area contributed by atoms with Crippen LogP contribution in [0.2, 0.25) is 0 Å². The molecule has 0 N–H and O–H groups in total. The number of rotatable bonds is 4. The van der Waals surface area contributed by atoms with E-state index >= 15 is 0 Å². The summed E-state index contributed by atoms with van der Waals surface area (Å²) in [7, 11) is 3.13. The van der Waals surface area contributed by atoms with Gasteiger partial charge < -0.3 is 14.2 Å². The van der Waals surface area contributed by atoms with E-state index in [0.717, 1.165) is 17.6 Å². The van der Waals surface area contributed by atoms with Gasteiger partial charge in [-0.2, -0.15) is 0 Å². The van der Waals surface area contributed by atoms with Crippen LogP contribution in [-0.2, 0) is 16.0 Å². The van der Waals surface area contributed by atoms with E-state index in [-0.39, 0.29) is 18.2 Å². The second-order valence-corrected chi connectivity index (χ2v) is 6.20. The summed E-state index contributed by atoms with van der Waals surface area (Å²) >= 11 is 0. The molecule has 1 atom stereocenters. The molecule has 0 saturated heterocycles. The first-order valence-corrected chi connectivity index (χ1v) is 8.61. The quantitative estimate of drug-likeness (QED) is 0.614. The van der Waals surface area contributed by atoms with E-state index in [9.17, 15) is 9.59 Å². The Kier molecular flexibility index (Phi) is 6.62. The first kappa shape index (κ1) is 19.0.